The van der Waals surface area contributed by atoms with E-state index in [2.05, 4.69) is 21.9 Å². The molecule has 9 heteroatoms. The van der Waals surface area contributed by atoms with Crippen LogP contribution >= 0.6 is 11.8 Å². The molecule has 0 bridgehead atoms. The summed E-state index contributed by atoms with van der Waals surface area (Å²) in [6.45, 7) is 6.36. The van der Waals surface area contributed by atoms with Crippen LogP contribution in [0.15, 0.2) is 30.2 Å². The van der Waals surface area contributed by atoms with Gasteiger partial charge in [-0.2, -0.15) is 5.10 Å². The van der Waals surface area contributed by atoms with E-state index < -0.39 is 4.92 Å². The first-order valence-corrected chi connectivity index (χ1v) is 6.96. The topological polar surface area (TPSA) is 91.7 Å². The molecule has 0 unspecified atom stereocenters. The monoisotopic (exact) mass is 294 g/mol. The SMILES string of the molecule is C=CCn1c(CC)nnc1SCn1cc([N+](=O)[O-])cn1. The van der Waals surface area contributed by atoms with Gasteiger partial charge in [-0.05, 0) is 0 Å². The maximum absolute atomic E-state index is 10.6. The Balaban J connectivity index is 2.08. The molecule has 0 aliphatic rings. The van der Waals surface area contributed by atoms with E-state index in [0.717, 1.165) is 17.4 Å². The Labute approximate surface area is 119 Å². The van der Waals surface area contributed by atoms with Crippen LogP contribution in [0, 0.1) is 10.1 Å². The highest BCUT2D eigenvalue weighted by atomic mass is 32.2. The fraction of sp³-hybridized carbons (Fsp3) is 0.364. The molecule has 0 aliphatic carbocycles. The number of hydrogen-bond acceptors (Lipinski definition) is 6. The van der Waals surface area contributed by atoms with Gasteiger partial charge in [-0.3, -0.25) is 14.8 Å². The molecule has 0 N–H and O–H groups in total. The van der Waals surface area contributed by atoms with Crippen molar-refractivity contribution in [3.05, 3.63) is 41.0 Å². The molecule has 2 aromatic rings. The van der Waals surface area contributed by atoms with Gasteiger partial charge in [0.15, 0.2) is 5.16 Å². The fourth-order valence-electron chi connectivity index (χ4n) is 1.64. The number of nitro groups is 1. The molecule has 0 saturated carbocycles. The van der Waals surface area contributed by atoms with Crippen LogP contribution in [0.1, 0.15) is 12.7 Å². The second kappa shape index (κ2) is 6.33. The smallest absolute Gasteiger partial charge is 0.302 e. The molecular formula is C11H14N6O2S. The summed E-state index contributed by atoms with van der Waals surface area (Å²) in [5.41, 5.74) is -0.0209. The van der Waals surface area contributed by atoms with Crippen molar-refractivity contribution in [2.24, 2.45) is 0 Å². The number of hydrogen-bond donors (Lipinski definition) is 0. The molecule has 0 fully saturated rings. The van der Waals surface area contributed by atoms with Gasteiger partial charge < -0.3 is 4.57 Å². The zero-order chi connectivity index (χ0) is 14.5. The molecule has 2 rings (SSSR count). The van der Waals surface area contributed by atoms with Crippen LogP contribution in [-0.4, -0.2) is 29.5 Å². The van der Waals surface area contributed by atoms with Gasteiger partial charge in [0.1, 0.15) is 18.2 Å². The average molecular weight is 294 g/mol. The third kappa shape index (κ3) is 3.05. The summed E-state index contributed by atoms with van der Waals surface area (Å²) in [7, 11) is 0. The lowest BCUT2D eigenvalue weighted by Gasteiger charge is -2.05. The van der Waals surface area contributed by atoms with Crippen molar-refractivity contribution in [3.8, 4) is 0 Å². The molecule has 0 aromatic carbocycles. The zero-order valence-corrected chi connectivity index (χ0v) is 11.8. The van der Waals surface area contributed by atoms with Gasteiger partial charge in [-0.15, -0.1) is 16.8 Å². The lowest BCUT2D eigenvalue weighted by atomic mass is 10.4. The van der Waals surface area contributed by atoms with Gasteiger partial charge in [-0.25, -0.2) is 0 Å². The third-order valence-corrected chi connectivity index (χ3v) is 3.53. The molecular weight excluding hydrogens is 280 g/mol. The minimum absolute atomic E-state index is 0.0209. The maximum Gasteiger partial charge on any atom is 0.307 e. The van der Waals surface area contributed by atoms with E-state index in [1.54, 1.807) is 6.08 Å². The number of thioether (sulfide) groups is 1. The van der Waals surface area contributed by atoms with Crippen LogP contribution in [-0.2, 0) is 18.8 Å². The van der Waals surface area contributed by atoms with E-state index in [-0.39, 0.29) is 5.69 Å². The minimum Gasteiger partial charge on any atom is -0.302 e. The van der Waals surface area contributed by atoms with Crippen LogP contribution < -0.4 is 0 Å². The predicted molar refractivity (Wildman–Crippen MR) is 74.3 cm³/mol. The van der Waals surface area contributed by atoms with Crippen LogP contribution in [0.2, 0.25) is 0 Å². The second-order valence-corrected chi connectivity index (χ2v) is 4.83. The molecule has 0 radical (unpaired) electrons. The molecule has 0 saturated heterocycles. The van der Waals surface area contributed by atoms with Crippen molar-refractivity contribution in [1.29, 1.82) is 0 Å². The number of aryl methyl sites for hydroxylation is 1. The molecule has 0 aliphatic heterocycles. The van der Waals surface area contributed by atoms with Crippen molar-refractivity contribution in [1.82, 2.24) is 24.5 Å². The van der Waals surface area contributed by atoms with E-state index >= 15 is 0 Å². The lowest BCUT2D eigenvalue weighted by Crippen LogP contribution is -2.04. The van der Waals surface area contributed by atoms with Crippen LogP contribution in [0.4, 0.5) is 5.69 Å². The Hall–Kier alpha value is -2.16. The molecule has 0 amide bonds. The summed E-state index contributed by atoms with van der Waals surface area (Å²) in [5, 5.41) is 23.5. The standard InChI is InChI=1S/C11H14N6O2S/c1-3-5-16-10(4-2)13-14-11(16)20-8-15-7-9(6-12-15)17(18)19/h3,6-7H,1,4-5,8H2,2H3. The Bertz CT molecular complexity index is 620. The van der Waals surface area contributed by atoms with Crippen molar-refractivity contribution in [3.63, 3.8) is 0 Å². The highest BCUT2D eigenvalue weighted by Gasteiger charge is 2.12. The number of nitrogens with zero attached hydrogens (tertiary/aromatic N) is 6. The van der Waals surface area contributed by atoms with Gasteiger partial charge in [0.25, 0.3) is 0 Å². The highest BCUT2D eigenvalue weighted by Crippen LogP contribution is 2.20. The van der Waals surface area contributed by atoms with Crippen molar-refractivity contribution >= 4 is 17.4 Å². The summed E-state index contributed by atoms with van der Waals surface area (Å²) < 4.78 is 3.47. The highest BCUT2D eigenvalue weighted by molar-refractivity contribution is 7.98. The first kappa shape index (κ1) is 14.3. The second-order valence-electron chi connectivity index (χ2n) is 3.92. The summed E-state index contributed by atoms with van der Waals surface area (Å²) >= 11 is 1.42. The molecule has 0 atom stereocenters. The Morgan fingerprint density at radius 2 is 2.35 bits per heavy atom. The quantitative estimate of drug-likeness (QED) is 0.335. The maximum atomic E-state index is 10.6. The van der Waals surface area contributed by atoms with Gasteiger partial charge >= 0.3 is 5.69 Å². The average Bonchev–Trinajstić information content (AvgIpc) is 3.03. The van der Waals surface area contributed by atoms with Crippen LogP contribution in [0.3, 0.4) is 0 Å². The molecule has 0 spiro atoms. The lowest BCUT2D eigenvalue weighted by molar-refractivity contribution is -0.385. The zero-order valence-electron chi connectivity index (χ0n) is 11.0. The first-order chi connectivity index (χ1) is 9.65. The van der Waals surface area contributed by atoms with Gasteiger partial charge in [-0.1, -0.05) is 24.8 Å². The minimum atomic E-state index is -0.469. The van der Waals surface area contributed by atoms with Gasteiger partial charge in [0.05, 0.1) is 10.8 Å². The summed E-state index contributed by atoms with van der Waals surface area (Å²) in [4.78, 5) is 10.1. The molecule has 20 heavy (non-hydrogen) atoms. The van der Waals surface area contributed by atoms with Crippen molar-refractivity contribution in [2.75, 3.05) is 0 Å². The van der Waals surface area contributed by atoms with E-state index in [1.807, 2.05) is 11.5 Å². The molecule has 2 aromatic heterocycles. The van der Waals surface area contributed by atoms with E-state index in [1.165, 1.54) is 28.8 Å². The van der Waals surface area contributed by atoms with Crippen LogP contribution in [0.5, 0.6) is 0 Å². The summed E-state index contributed by atoms with van der Waals surface area (Å²) in [5.74, 6) is 1.33. The number of aromatic nitrogens is 5. The number of rotatable bonds is 7. The van der Waals surface area contributed by atoms with E-state index in [9.17, 15) is 10.1 Å². The van der Waals surface area contributed by atoms with Gasteiger partial charge in [0, 0.05) is 13.0 Å². The molecule has 8 nitrogen and oxygen atoms in total. The van der Waals surface area contributed by atoms with Crippen LogP contribution in [0.25, 0.3) is 0 Å². The summed E-state index contributed by atoms with van der Waals surface area (Å²) in [6.07, 6.45) is 5.19. The van der Waals surface area contributed by atoms with Gasteiger partial charge in [0.2, 0.25) is 0 Å². The first-order valence-electron chi connectivity index (χ1n) is 5.98. The fourth-order valence-corrected chi connectivity index (χ4v) is 2.46. The van der Waals surface area contributed by atoms with E-state index in [4.69, 9.17) is 0 Å². The largest absolute Gasteiger partial charge is 0.307 e. The Morgan fingerprint density at radius 3 is 2.95 bits per heavy atom. The summed E-state index contributed by atoms with van der Waals surface area (Å²) in [6, 6.07) is 0. The van der Waals surface area contributed by atoms with E-state index in [0.29, 0.717) is 12.4 Å². The Kier molecular flexibility index (Phi) is 4.51. The van der Waals surface area contributed by atoms with Crippen molar-refractivity contribution in [2.45, 2.75) is 30.9 Å². The molecule has 2 heterocycles. The normalized spacial score (nSPS) is 10.7. The predicted octanol–water partition coefficient (Wildman–Crippen LogP) is 1.88. The van der Waals surface area contributed by atoms with Crippen molar-refractivity contribution < 1.29 is 4.92 Å². The Morgan fingerprint density at radius 1 is 1.55 bits per heavy atom. The third-order valence-electron chi connectivity index (χ3n) is 2.58. The number of allylic oxidation sites excluding steroid dienone is 1. The molecule has 106 valence electrons.